The molecule has 0 bridgehead atoms. The summed E-state index contributed by atoms with van der Waals surface area (Å²) in [6.07, 6.45) is 1.45. The first-order valence-corrected chi connectivity index (χ1v) is 6.13. The van der Waals surface area contributed by atoms with Gasteiger partial charge in [-0.1, -0.05) is 23.2 Å². The molecule has 1 heterocycles. The number of rotatable bonds is 2. The summed E-state index contributed by atoms with van der Waals surface area (Å²) in [5, 5.41) is 16.7. The standard InChI is InChI=1S/C12H11Cl2N3O2/c1-6-8(5-15-17(6)2)12(19)16-10-4-7(13)3-9(14)11(10)18/h3-5,18H,1-2H3,(H,16,19). The monoisotopic (exact) mass is 299 g/mol. The lowest BCUT2D eigenvalue weighted by atomic mass is 10.2. The van der Waals surface area contributed by atoms with E-state index in [0.29, 0.717) is 16.3 Å². The molecule has 0 aliphatic carbocycles. The summed E-state index contributed by atoms with van der Waals surface area (Å²) in [4.78, 5) is 12.1. The molecule has 0 aliphatic heterocycles. The number of phenolic OH excluding ortho intramolecular Hbond substituents is 1. The van der Waals surface area contributed by atoms with Crippen LogP contribution >= 0.6 is 23.2 Å². The number of anilines is 1. The van der Waals surface area contributed by atoms with E-state index in [0.717, 1.165) is 0 Å². The second-order valence-corrected chi connectivity index (χ2v) is 4.85. The van der Waals surface area contributed by atoms with E-state index in [-0.39, 0.29) is 22.4 Å². The number of nitrogens with zero attached hydrogens (tertiary/aromatic N) is 2. The van der Waals surface area contributed by atoms with Crippen LogP contribution < -0.4 is 5.32 Å². The fourth-order valence-electron chi connectivity index (χ4n) is 1.57. The van der Waals surface area contributed by atoms with Crippen LogP contribution in [0.15, 0.2) is 18.3 Å². The van der Waals surface area contributed by atoms with E-state index in [1.54, 1.807) is 18.7 Å². The topological polar surface area (TPSA) is 67.2 Å². The van der Waals surface area contributed by atoms with E-state index in [1.807, 2.05) is 0 Å². The molecule has 0 spiro atoms. The lowest BCUT2D eigenvalue weighted by molar-refractivity contribution is 0.102. The van der Waals surface area contributed by atoms with Gasteiger partial charge in [0, 0.05) is 17.8 Å². The van der Waals surface area contributed by atoms with Gasteiger partial charge in [0.15, 0.2) is 5.75 Å². The van der Waals surface area contributed by atoms with Gasteiger partial charge in [-0.25, -0.2) is 0 Å². The molecule has 1 aromatic heterocycles. The molecule has 0 saturated carbocycles. The third-order valence-electron chi connectivity index (χ3n) is 2.76. The van der Waals surface area contributed by atoms with E-state index in [1.165, 1.54) is 18.3 Å². The molecule has 19 heavy (non-hydrogen) atoms. The highest BCUT2D eigenvalue weighted by molar-refractivity contribution is 6.36. The molecule has 2 N–H and O–H groups in total. The summed E-state index contributed by atoms with van der Waals surface area (Å²) in [6, 6.07) is 2.82. The molecule has 2 aromatic rings. The maximum atomic E-state index is 12.1. The number of aryl methyl sites for hydroxylation is 1. The van der Waals surface area contributed by atoms with Gasteiger partial charge in [-0.15, -0.1) is 0 Å². The number of hydrogen-bond donors (Lipinski definition) is 2. The minimum absolute atomic E-state index is 0.0747. The van der Waals surface area contributed by atoms with Gasteiger partial charge in [-0.05, 0) is 19.1 Å². The van der Waals surface area contributed by atoms with Crippen LogP contribution in [0.4, 0.5) is 5.69 Å². The number of nitrogens with one attached hydrogen (secondary N) is 1. The Morgan fingerprint density at radius 2 is 2.11 bits per heavy atom. The van der Waals surface area contributed by atoms with Crippen molar-refractivity contribution in [2.45, 2.75) is 6.92 Å². The lowest BCUT2D eigenvalue weighted by Crippen LogP contribution is -2.13. The average molecular weight is 300 g/mol. The van der Waals surface area contributed by atoms with Crippen molar-refractivity contribution in [1.82, 2.24) is 9.78 Å². The quantitative estimate of drug-likeness (QED) is 0.838. The Balaban J connectivity index is 2.32. The summed E-state index contributed by atoms with van der Waals surface area (Å²) in [5.41, 5.74) is 1.29. The van der Waals surface area contributed by atoms with Gasteiger partial charge in [-0.3, -0.25) is 9.48 Å². The molecule has 2 rings (SSSR count). The maximum Gasteiger partial charge on any atom is 0.259 e. The van der Waals surface area contributed by atoms with Crippen LogP contribution in [-0.2, 0) is 7.05 Å². The molecule has 0 saturated heterocycles. The van der Waals surface area contributed by atoms with E-state index >= 15 is 0 Å². The van der Waals surface area contributed by atoms with Gasteiger partial charge in [0.2, 0.25) is 0 Å². The van der Waals surface area contributed by atoms with Gasteiger partial charge in [0.05, 0.1) is 22.5 Å². The molecule has 0 atom stereocenters. The first kappa shape index (κ1) is 13.7. The Morgan fingerprint density at radius 3 is 2.68 bits per heavy atom. The number of aromatic nitrogens is 2. The lowest BCUT2D eigenvalue weighted by Gasteiger charge is -2.09. The second kappa shape index (κ2) is 5.11. The van der Waals surface area contributed by atoms with Crippen LogP contribution in [0.1, 0.15) is 16.1 Å². The Bertz CT molecular complexity index is 653. The highest BCUT2D eigenvalue weighted by Crippen LogP contribution is 2.35. The van der Waals surface area contributed by atoms with Crippen LogP contribution in [0.3, 0.4) is 0 Å². The van der Waals surface area contributed by atoms with Gasteiger partial charge in [0.1, 0.15) is 0 Å². The molecular formula is C12H11Cl2N3O2. The predicted molar refractivity (Wildman–Crippen MR) is 74.0 cm³/mol. The Labute approximate surface area is 119 Å². The number of phenols is 1. The molecule has 100 valence electrons. The Hall–Kier alpha value is -1.72. The third kappa shape index (κ3) is 2.67. The largest absolute Gasteiger partial charge is 0.504 e. The normalized spacial score (nSPS) is 10.5. The minimum Gasteiger partial charge on any atom is -0.504 e. The minimum atomic E-state index is -0.390. The van der Waals surface area contributed by atoms with Crippen LogP contribution in [0.2, 0.25) is 10.0 Å². The number of halogens is 2. The Kier molecular flexibility index (Phi) is 3.68. The average Bonchev–Trinajstić information content (AvgIpc) is 2.66. The fraction of sp³-hybridized carbons (Fsp3) is 0.167. The van der Waals surface area contributed by atoms with Crippen LogP contribution in [0, 0.1) is 6.92 Å². The smallest absolute Gasteiger partial charge is 0.259 e. The highest BCUT2D eigenvalue weighted by Gasteiger charge is 2.16. The van der Waals surface area contributed by atoms with Crippen molar-refractivity contribution >= 4 is 34.8 Å². The molecule has 0 unspecified atom stereocenters. The van der Waals surface area contributed by atoms with Crippen LogP contribution in [-0.4, -0.2) is 20.8 Å². The molecule has 1 amide bonds. The molecule has 0 radical (unpaired) electrons. The van der Waals surface area contributed by atoms with Crippen molar-refractivity contribution in [3.05, 3.63) is 39.6 Å². The van der Waals surface area contributed by atoms with E-state index in [9.17, 15) is 9.90 Å². The zero-order valence-corrected chi connectivity index (χ0v) is 11.7. The third-order valence-corrected chi connectivity index (χ3v) is 3.26. The van der Waals surface area contributed by atoms with Gasteiger partial charge in [-0.2, -0.15) is 5.10 Å². The summed E-state index contributed by atoms with van der Waals surface area (Å²) < 4.78 is 1.58. The van der Waals surface area contributed by atoms with Crippen molar-refractivity contribution in [1.29, 1.82) is 0 Å². The van der Waals surface area contributed by atoms with Crippen molar-refractivity contribution in [3.63, 3.8) is 0 Å². The summed E-state index contributed by atoms with van der Waals surface area (Å²) in [5.74, 6) is -0.611. The van der Waals surface area contributed by atoms with Gasteiger partial charge in [0.25, 0.3) is 5.91 Å². The molecular weight excluding hydrogens is 289 g/mol. The molecule has 1 aromatic carbocycles. The highest BCUT2D eigenvalue weighted by atomic mass is 35.5. The van der Waals surface area contributed by atoms with E-state index in [2.05, 4.69) is 10.4 Å². The maximum absolute atomic E-state index is 12.1. The van der Waals surface area contributed by atoms with E-state index in [4.69, 9.17) is 23.2 Å². The van der Waals surface area contributed by atoms with Crippen LogP contribution in [0.25, 0.3) is 0 Å². The first-order valence-electron chi connectivity index (χ1n) is 5.38. The predicted octanol–water partition coefficient (Wildman–Crippen LogP) is 2.99. The molecule has 0 aliphatic rings. The van der Waals surface area contributed by atoms with Gasteiger partial charge < -0.3 is 10.4 Å². The van der Waals surface area contributed by atoms with Crippen molar-refractivity contribution in [3.8, 4) is 5.75 Å². The number of amides is 1. The summed E-state index contributed by atoms with van der Waals surface area (Å²) >= 11 is 11.6. The Morgan fingerprint density at radius 1 is 1.42 bits per heavy atom. The van der Waals surface area contributed by atoms with Crippen molar-refractivity contribution in [2.24, 2.45) is 7.05 Å². The van der Waals surface area contributed by atoms with Crippen LogP contribution in [0.5, 0.6) is 5.75 Å². The van der Waals surface area contributed by atoms with Crippen molar-refractivity contribution < 1.29 is 9.90 Å². The fourth-order valence-corrected chi connectivity index (χ4v) is 2.07. The first-order chi connectivity index (χ1) is 8.90. The van der Waals surface area contributed by atoms with Crippen molar-refractivity contribution in [2.75, 3.05) is 5.32 Å². The number of carbonyl (C=O) groups is 1. The number of aromatic hydroxyl groups is 1. The zero-order chi connectivity index (χ0) is 14.2. The van der Waals surface area contributed by atoms with Gasteiger partial charge >= 0.3 is 0 Å². The molecule has 7 heteroatoms. The van der Waals surface area contributed by atoms with E-state index < -0.39 is 0 Å². The summed E-state index contributed by atoms with van der Waals surface area (Å²) in [7, 11) is 1.74. The summed E-state index contributed by atoms with van der Waals surface area (Å²) in [6.45, 7) is 1.77. The second-order valence-electron chi connectivity index (χ2n) is 4.01. The SMILES string of the molecule is Cc1c(C(=O)Nc2cc(Cl)cc(Cl)c2O)cnn1C. The molecule has 0 fully saturated rings. The number of benzene rings is 1. The zero-order valence-electron chi connectivity index (χ0n) is 10.2. The molecule has 5 nitrogen and oxygen atoms in total. The number of hydrogen-bond acceptors (Lipinski definition) is 3. The number of carbonyl (C=O) groups excluding carboxylic acids is 1.